The maximum atomic E-state index is 11.9. The minimum atomic E-state index is -0.578. The Kier molecular flexibility index (Phi) is 4.48. The Morgan fingerprint density at radius 1 is 1.53 bits per heavy atom. The zero-order valence-corrected chi connectivity index (χ0v) is 12.1. The van der Waals surface area contributed by atoms with Crippen molar-refractivity contribution in [1.82, 2.24) is 5.32 Å². The van der Waals surface area contributed by atoms with Crippen LogP contribution in [0.3, 0.4) is 0 Å². The smallest absolute Gasteiger partial charge is 0.223 e. The number of fused-ring (bicyclic) bond motifs is 1. The third kappa shape index (κ3) is 3.48. The maximum Gasteiger partial charge on any atom is 0.223 e. The lowest BCUT2D eigenvalue weighted by molar-refractivity contribution is -0.124. The summed E-state index contributed by atoms with van der Waals surface area (Å²) >= 11 is 5.96. The van der Waals surface area contributed by atoms with E-state index in [1.807, 2.05) is 32.0 Å². The first-order chi connectivity index (χ1) is 8.97. The summed E-state index contributed by atoms with van der Waals surface area (Å²) in [5.74, 6) is 0.00872. The van der Waals surface area contributed by atoms with Crippen LogP contribution in [0.2, 0.25) is 5.02 Å². The third-order valence-electron chi connectivity index (χ3n) is 3.68. The molecule has 0 saturated heterocycles. The lowest BCUT2D eigenvalue weighted by Crippen LogP contribution is -2.31. The number of nitrogens with one attached hydrogen (secondary N) is 1. The highest BCUT2D eigenvalue weighted by Crippen LogP contribution is 2.32. The van der Waals surface area contributed by atoms with Gasteiger partial charge in [0.05, 0.1) is 18.6 Å². The Bertz CT molecular complexity index is 473. The normalized spacial score (nSPS) is 19.3. The number of benzene rings is 1. The maximum absolute atomic E-state index is 11.9. The molecule has 19 heavy (non-hydrogen) atoms. The highest BCUT2D eigenvalue weighted by atomic mass is 35.5. The van der Waals surface area contributed by atoms with Crippen molar-refractivity contribution in [2.75, 3.05) is 0 Å². The molecule has 0 aliphatic heterocycles. The topological polar surface area (TPSA) is 49.3 Å². The van der Waals surface area contributed by atoms with Crippen LogP contribution in [0.25, 0.3) is 0 Å². The fraction of sp³-hybridized carbons (Fsp3) is 0.533. The van der Waals surface area contributed by atoms with Gasteiger partial charge < -0.3 is 10.4 Å². The van der Waals surface area contributed by atoms with Gasteiger partial charge in [-0.15, -0.1) is 0 Å². The second kappa shape index (κ2) is 5.93. The summed E-state index contributed by atoms with van der Waals surface area (Å²) in [6, 6.07) is 5.85. The van der Waals surface area contributed by atoms with Crippen molar-refractivity contribution in [2.24, 2.45) is 5.92 Å². The molecule has 0 radical (unpaired) electrons. The molecule has 2 N–H and O–H groups in total. The van der Waals surface area contributed by atoms with Gasteiger partial charge in [0.15, 0.2) is 0 Å². The fourth-order valence-electron chi connectivity index (χ4n) is 2.41. The summed E-state index contributed by atoms with van der Waals surface area (Å²) in [6.45, 7) is 3.82. The number of aryl methyl sites for hydroxylation is 1. The molecule has 0 bridgehead atoms. The molecule has 0 spiro atoms. The average molecular weight is 282 g/mol. The van der Waals surface area contributed by atoms with E-state index in [-0.39, 0.29) is 24.3 Å². The number of carbonyl (C=O) groups is 1. The van der Waals surface area contributed by atoms with Gasteiger partial charge in [0.25, 0.3) is 0 Å². The molecule has 2 rings (SSSR count). The van der Waals surface area contributed by atoms with Crippen LogP contribution >= 0.6 is 11.6 Å². The first-order valence-corrected chi connectivity index (χ1v) is 7.11. The summed E-state index contributed by atoms with van der Waals surface area (Å²) in [7, 11) is 0. The monoisotopic (exact) mass is 281 g/mol. The molecule has 3 nitrogen and oxygen atoms in total. The van der Waals surface area contributed by atoms with E-state index in [4.69, 9.17) is 11.6 Å². The van der Waals surface area contributed by atoms with E-state index in [0.29, 0.717) is 0 Å². The van der Waals surface area contributed by atoms with E-state index in [0.717, 1.165) is 23.4 Å². The van der Waals surface area contributed by atoms with Gasteiger partial charge in [-0.2, -0.15) is 0 Å². The molecule has 2 unspecified atom stereocenters. The van der Waals surface area contributed by atoms with E-state index < -0.39 is 6.10 Å². The number of aliphatic hydroxyl groups excluding tert-OH is 1. The largest absolute Gasteiger partial charge is 0.392 e. The van der Waals surface area contributed by atoms with Crippen molar-refractivity contribution in [1.29, 1.82) is 0 Å². The SMILES string of the molecule is CC(C)C(O)CC(=O)NC1CCc2cc(Cl)ccc21. The third-order valence-corrected chi connectivity index (χ3v) is 3.92. The highest BCUT2D eigenvalue weighted by molar-refractivity contribution is 6.30. The van der Waals surface area contributed by atoms with Crippen LogP contribution in [0.4, 0.5) is 0 Å². The average Bonchev–Trinajstić information content (AvgIpc) is 2.71. The van der Waals surface area contributed by atoms with Crippen LogP contribution in [0.5, 0.6) is 0 Å². The van der Waals surface area contributed by atoms with Crippen LogP contribution in [0, 0.1) is 5.92 Å². The lowest BCUT2D eigenvalue weighted by Gasteiger charge is -2.18. The lowest BCUT2D eigenvalue weighted by atomic mass is 10.0. The summed E-state index contributed by atoms with van der Waals surface area (Å²) < 4.78 is 0. The molecular formula is C15H20ClNO2. The summed E-state index contributed by atoms with van der Waals surface area (Å²) in [5, 5.41) is 13.5. The molecule has 0 aromatic heterocycles. The van der Waals surface area contributed by atoms with Gasteiger partial charge in [-0.05, 0) is 42.0 Å². The van der Waals surface area contributed by atoms with Crippen molar-refractivity contribution in [3.05, 3.63) is 34.3 Å². The van der Waals surface area contributed by atoms with Crippen molar-refractivity contribution < 1.29 is 9.90 Å². The Hall–Kier alpha value is -1.06. The van der Waals surface area contributed by atoms with Crippen LogP contribution in [0.1, 0.15) is 43.9 Å². The molecule has 1 aromatic rings. The van der Waals surface area contributed by atoms with Gasteiger partial charge in [0.1, 0.15) is 0 Å². The number of rotatable bonds is 4. The molecule has 1 amide bonds. The van der Waals surface area contributed by atoms with E-state index >= 15 is 0 Å². The first-order valence-electron chi connectivity index (χ1n) is 6.73. The Labute approximate surface area is 119 Å². The molecule has 0 saturated carbocycles. The molecule has 4 heteroatoms. The summed E-state index contributed by atoms with van der Waals surface area (Å²) in [4.78, 5) is 11.9. The summed E-state index contributed by atoms with van der Waals surface area (Å²) in [5.41, 5.74) is 2.36. The molecular weight excluding hydrogens is 262 g/mol. The van der Waals surface area contributed by atoms with Crippen molar-refractivity contribution in [3.8, 4) is 0 Å². The van der Waals surface area contributed by atoms with Crippen LogP contribution < -0.4 is 5.32 Å². The molecule has 1 aromatic carbocycles. The van der Waals surface area contributed by atoms with Gasteiger partial charge in [-0.3, -0.25) is 4.79 Å². The predicted molar refractivity (Wildman–Crippen MR) is 76.1 cm³/mol. The Morgan fingerprint density at radius 2 is 2.26 bits per heavy atom. The van der Waals surface area contributed by atoms with E-state index in [1.165, 1.54) is 5.56 Å². The summed E-state index contributed by atoms with van der Waals surface area (Å²) in [6.07, 6.45) is 1.43. The van der Waals surface area contributed by atoms with Crippen molar-refractivity contribution in [3.63, 3.8) is 0 Å². The van der Waals surface area contributed by atoms with E-state index in [9.17, 15) is 9.90 Å². The number of aliphatic hydroxyl groups is 1. The highest BCUT2D eigenvalue weighted by Gasteiger charge is 2.25. The fourth-order valence-corrected chi connectivity index (χ4v) is 2.61. The van der Waals surface area contributed by atoms with E-state index in [2.05, 4.69) is 5.32 Å². The second-order valence-electron chi connectivity index (χ2n) is 5.52. The number of hydrogen-bond donors (Lipinski definition) is 2. The zero-order valence-electron chi connectivity index (χ0n) is 11.3. The minimum absolute atomic E-state index is 0.0547. The number of halogens is 1. The first kappa shape index (κ1) is 14.4. The van der Waals surface area contributed by atoms with Gasteiger partial charge in [-0.25, -0.2) is 0 Å². The molecule has 1 aliphatic rings. The number of hydrogen-bond acceptors (Lipinski definition) is 2. The molecule has 2 atom stereocenters. The van der Waals surface area contributed by atoms with Crippen molar-refractivity contribution in [2.45, 2.75) is 45.3 Å². The number of amides is 1. The molecule has 0 fully saturated rings. The van der Waals surface area contributed by atoms with Gasteiger partial charge >= 0.3 is 0 Å². The standard InChI is InChI=1S/C15H20ClNO2/c1-9(2)14(18)8-15(19)17-13-6-3-10-7-11(16)4-5-12(10)13/h4-5,7,9,13-14,18H,3,6,8H2,1-2H3,(H,17,19). The van der Waals surface area contributed by atoms with Gasteiger partial charge in [0.2, 0.25) is 5.91 Å². The molecule has 104 valence electrons. The predicted octanol–water partition coefficient (Wildman–Crippen LogP) is 2.85. The zero-order chi connectivity index (χ0) is 14.0. The molecule has 1 aliphatic carbocycles. The van der Waals surface area contributed by atoms with E-state index in [1.54, 1.807) is 0 Å². The molecule has 0 heterocycles. The number of carbonyl (C=O) groups excluding carboxylic acids is 1. The quantitative estimate of drug-likeness (QED) is 0.892. The Morgan fingerprint density at radius 3 is 2.95 bits per heavy atom. The van der Waals surface area contributed by atoms with Gasteiger partial charge in [0, 0.05) is 5.02 Å². The van der Waals surface area contributed by atoms with Crippen LogP contribution in [-0.4, -0.2) is 17.1 Å². The minimum Gasteiger partial charge on any atom is -0.392 e. The van der Waals surface area contributed by atoms with Crippen LogP contribution in [0.15, 0.2) is 18.2 Å². The van der Waals surface area contributed by atoms with Gasteiger partial charge in [-0.1, -0.05) is 31.5 Å². The van der Waals surface area contributed by atoms with Crippen LogP contribution in [-0.2, 0) is 11.2 Å². The second-order valence-corrected chi connectivity index (χ2v) is 5.95. The Balaban J connectivity index is 1.97. The van der Waals surface area contributed by atoms with Crippen molar-refractivity contribution >= 4 is 17.5 Å².